The van der Waals surface area contributed by atoms with Crippen molar-refractivity contribution in [1.82, 2.24) is 10.6 Å². The molecule has 1 aromatic rings. The van der Waals surface area contributed by atoms with E-state index in [0.29, 0.717) is 45.2 Å². The second kappa shape index (κ2) is 17.8. The van der Waals surface area contributed by atoms with Crippen LogP contribution in [0.15, 0.2) is 29.3 Å². The standard InChI is InChI=1S/C24H40N4O4.HI/c1-4-13-25-23(29)12-15-27-24(26-14-6-16-30-18-22-7-5-17-31-22)28-20-8-10-21(11-9-20)32-19(2)3;/h8-11,19,22H,4-7,12-18H2,1-3H3,(H,25,29)(H2,26,27,28);1H. The first-order valence-corrected chi connectivity index (χ1v) is 11.8. The highest BCUT2D eigenvalue weighted by molar-refractivity contribution is 14.0. The highest BCUT2D eigenvalue weighted by Crippen LogP contribution is 2.17. The Hall–Kier alpha value is -1.59. The van der Waals surface area contributed by atoms with Crippen LogP contribution in [0.3, 0.4) is 0 Å². The van der Waals surface area contributed by atoms with Crippen molar-refractivity contribution in [3.63, 3.8) is 0 Å². The van der Waals surface area contributed by atoms with Gasteiger partial charge in [0, 0.05) is 45.0 Å². The summed E-state index contributed by atoms with van der Waals surface area (Å²) in [5, 5.41) is 9.43. The van der Waals surface area contributed by atoms with E-state index >= 15 is 0 Å². The van der Waals surface area contributed by atoms with Crippen LogP contribution in [0.2, 0.25) is 0 Å². The van der Waals surface area contributed by atoms with Gasteiger partial charge in [-0.1, -0.05) is 6.92 Å². The molecule has 1 aliphatic rings. The number of benzene rings is 1. The second-order valence-electron chi connectivity index (χ2n) is 8.14. The van der Waals surface area contributed by atoms with Gasteiger partial charge < -0.3 is 30.2 Å². The highest BCUT2D eigenvalue weighted by atomic mass is 127. The minimum absolute atomic E-state index is 0. The number of nitrogens with one attached hydrogen (secondary N) is 3. The number of amides is 1. The fourth-order valence-corrected chi connectivity index (χ4v) is 3.16. The summed E-state index contributed by atoms with van der Waals surface area (Å²) in [6, 6.07) is 7.76. The monoisotopic (exact) mass is 576 g/mol. The molecule has 0 aromatic heterocycles. The summed E-state index contributed by atoms with van der Waals surface area (Å²) >= 11 is 0. The Morgan fingerprint density at radius 1 is 1.21 bits per heavy atom. The number of carbonyl (C=O) groups excluding carboxylic acids is 1. The van der Waals surface area contributed by atoms with Crippen molar-refractivity contribution in [3.05, 3.63) is 24.3 Å². The Morgan fingerprint density at radius 3 is 2.67 bits per heavy atom. The molecule has 8 nitrogen and oxygen atoms in total. The van der Waals surface area contributed by atoms with Crippen molar-refractivity contribution in [2.75, 3.05) is 44.8 Å². The Balaban J connectivity index is 0.00000544. The van der Waals surface area contributed by atoms with Gasteiger partial charge in [-0.05, 0) is 63.8 Å². The average Bonchev–Trinajstić information content (AvgIpc) is 3.29. The van der Waals surface area contributed by atoms with Crippen LogP contribution in [0, 0.1) is 0 Å². The number of rotatable bonds is 14. The maximum Gasteiger partial charge on any atom is 0.221 e. The molecule has 1 aliphatic heterocycles. The maximum absolute atomic E-state index is 11.9. The Labute approximate surface area is 215 Å². The van der Waals surface area contributed by atoms with E-state index in [1.54, 1.807) is 0 Å². The molecule has 0 saturated carbocycles. The lowest BCUT2D eigenvalue weighted by Gasteiger charge is -2.14. The summed E-state index contributed by atoms with van der Waals surface area (Å²) < 4.78 is 17.0. The molecule has 0 spiro atoms. The van der Waals surface area contributed by atoms with Crippen LogP contribution in [0.4, 0.5) is 5.69 Å². The smallest absolute Gasteiger partial charge is 0.221 e. The van der Waals surface area contributed by atoms with Crippen LogP contribution in [0.5, 0.6) is 5.75 Å². The fraction of sp³-hybridized carbons (Fsp3) is 0.667. The molecule has 1 aromatic carbocycles. The van der Waals surface area contributed by atoms with E-state index in [4.69, 9.17) is 14.2 Å². The molecule has 33 heavy (non-hydrogen) atoms. The average molecular weight is 577 g/mol. The van der Waals surface area contributed by atoms with Crippen LogP contribution in [-0.2, 0) is 14.3 Å². The summed E-state index contributed by atoms with van der Waals surface area (Å²) in [6.45, 7) is 10.0. The van der Waals surface area contributed by atoms with Gasteiger partial charge in [-0.15, -0.1) is 24.0 Å². The molecule has 2 rings (SSSR count). The van der Waals surface area contributed by atoms with Crippen LogP contribution in [-0.4, -0.2) is 63.5 Å². The third-order valence-electron chi connectivity index (χ3n) is 4.75. The predicted molar refractivity (Wildman–Crippen MR) is 144 cm³/mol. The number of ether oxygens (including phenoxy) is 3. The highest BCUT2D eigenvalue weighted by Gasteiger charge is 2.14. The van der Waals surface area contributed by atoms with Gasteiger partial charge in [0.05, 0.1) is 18.8 Å². The first-order chi connectivity index (χ1) is 15.6. The molecule has 0 aliphatic carbocycles. The van der Waals surface area contributed by atoms with Crippen molar-refractivity contribution >= 4 is 41.5 Å². The van der Waals surface area contributed by atoms with Crippen LogP contribution >= 0.6 is 24.0 Å². The first kappa shape index (κ1) is 29.4. The van der Waals surface area contributed by atoms with Gasteiger partial charge in [-0.3, -0.25) is 9.79 Å². The molecule has 0 radical (unpaired) electrons. The van der Waals surface area contributed by atoms with Gasteiger partial charge in [0.2, 0.25) is 5.91 Å². The number of guanidine groups is 1. The zero-order valence-electron chi connectivity index (χ0n) is 20.2. The second-order valence-corrected chi connectivity index (χ2v) is 8.14. The van der Waals surface area contributed by atoms with Crippen LogP contribution in [0.25, 0.3) is 0 Å². The summed E-state index contributed by atoms with van der Waals surface area (Å²) in [4.78, 5) is 16.5. The van der Waals surface area contributed by atoms with E-state index in [1.807, 2.05) is 45.0 Å². The minimum atomic E-state index is 0. The van der Waals surface area contributed by atoms with Crippen LogP contribution in [0.1, 0.15) is 52.9 Å². The van der Waals surface area contributed by atoms with E-state index < -0.39 is 0 Å². The van der Waals surface area contributed by atoms with E-state index in [0.717, 1.165) is 43.7 Å². The molecular formula is C24H41IN4O4. The van der Waals surface area contributed by atoms with Gasteiger partial charge in [0.1, 0.15) is 5.75 Å². The molecule has 3 N–H and O–H groups in total. The number of hydrogen-bond acceptors (Lipinski definition) is 5. The Morgan fingerprint density at radius 2 is 2.00 bits per heavy atom. The lowest BCUT2D eigenvalue weighted by atomic mass is 10.2. The third-order valence-corrected chi connectivity index (χ3v) is 4.75. The SMILES string of the molecule is CCCNC(=O)CCNC(=NCCCOCC1CCCO1)Nc1ccc(OC(C)C)cc1.I. The quantitative estimate of drug-likeness (QED) is 0.135. The van der Waals surface area contributed by atoms with E-state index in [2.05, 4.69) is 20.9 Å². The van der Waals surface area contributed by atoms with Crippen molar-refractivity contribution < 1.29 is 19.0 Å². The van der Waals surface area contributed by atoms with Crippen molar-refractivity contribution in [3.8, 4) is 5.75 Å². The Kier molecular flexibility index (Phi) is 15.9. The molecule has 1 fully saturated rings. The molecule has 1 unspecified atom stereocenters. The molecule has 0 bridgehead atoms. The molecular weight excluding hydrogens is 535 g/mol. The summed E-state index contributed by atoms with van der Waals surface area (Å²) in [5.74, 6) is 1.51. The van der Waals surface area contributed by atoms with E-state index in [-0.39, 0.29) is 42.1 Å². The number of halogens is 1. The largest absolute Gasteiger partial charge is 0.491 e. The lowest BCUT2D eigenvalue weighted by Crippen LogP contribution is -2.35. The molecule has 1 heterocycles. The van der Waals surface area contributed by atoms with Gasteiger partial charge >= 0.3 is 0 Å². The number of aliphatic imine (C=N–C) groups is 1. The predicted octanol–water partition coefficient (Wildman–Crippen LogP) is 3.95. The summed E-state index contributed by atoms with van der Waals surface area (Å²) in [5.41, 5.74) is 0.900. The van der Waals surface area contributed by atoms with Crippen molar-refractivity contribution in [2.45, 2.75) is 65.1 Å². The zero-order valence-corrected chi connectivity index (χ0v) is 22.6. The number of hydrogen-bond donors (Lipinski definition) is 3. The normalized spacial score (nSPS) is 15.8. The zero-order chi connectivity index (χ0) is 23.0. The lowest BCUT2D eigenvalue weighted by molar-refractivity contribution is -0.120. The number of nitrogens with zero attached hydrogens (tertiary/aromatic N) is 1. The molecule has 1 amide bonds. The van der Waals surface area contributed by atoms with Gasteiger partial charge in [0.15, 0.2) is 5.96 Å². The third kappa shape index (κ3) is 13.6. The van der Waals surface area contributed by atoms with E-state index in [9.17, 15) is 4.79 Å². The number of anilines is 1. The molecule has 9 heteroatoms. The fourth-order valence-electron chi connectivity index (χ4n) is 3.16. The molecule has 188 valence electrons. The van der Waals surface area contributed by atoms with Gasteiger partial charge in [-0.25, -0.2) is 0 Å². The Bertz CT molecular complexity index is 680. The topological polar surface area (TPSA) is 93.2 Å². The number of carbonyl (C=O) groups is 1. The molecule has 1 saturated heterocycles. The summed E-state index contributed by atoms with van der Waals surface area (Å²) in [7, 11) is 0. The summed E-state index contributed by atoms with van der Waals surface area (Å²) in [6.07, 6.45) is 4.74. The van der Waals surface area contributed by atoms with Gasteiger partial charge in [-0.2, -0.15) is 0 Å². The van der Waals surface area contributed by atoms with Crippen LogP contribution < -0.4 is 20.7 Å². The molecule has 1 atom stereocenters. The van der Waals surface area contributed by atoms with Crippen molar-refractivity contribution in [2.24, 2.45) is 4.99 Å². The van der Waals surface area contributed by atoms with Gasteiger partial charge in [0.25, 0.3) is 0 Å². The van der Waals surface area contributed by atoms with E-state index in [1.165, 1.54) is 0 Å². The maximum atomic E-state index is 11.9. The minimum Gasteiger partial charge on any atom is -0.491 e. The first-order valence-electron chi connectivity index (χ1n) is 11.8. The van der Waals surface area contributed by atoms with Crippen molar-refractivity contribution in [1.29, 1.82) is 0 Å².